The number of hydrogen-bond acceptors (Lipinski definition) is 4. The average molecular weight is 379 g/mol. The molecular weight excluding hydrogens is 355 g/mol. The molecule has 0 radical (unpaired) electrons. The first-order valence-corrected chi connectivity index (χ1v) is 9.97. The summed E-state index contributed by atoms with van der Waals surface area (Å²) < 4.78 is 68.3. The highest BCUT2D eigenvalue weighted by Crippen LogP contribution is 2.34. The van der Waals surface area contributed by atoms with Crippen LogP contribution in [0.2, 0.25) is 0 Å². The molecule has 1 N–H and O–H groups in total. The molecule has 1 aliphatic heterocycles. The Balaban J connectivity index is 2.22. The molecule has 0 fully saturated rings. The van der Waals surface area contributed by atoms with Gasteiger partial charge >= 0.3 is 6.18 Å². The van der Waals surface area contributed by atoms with Gasteiger partial charge in [-0.3, -0.25) is 5.32 Å². The molecule has 0 aliphatic carbocycles. The van der Waals surface area contributed by atoms with E-state index in [1.807, 2.05) is 24.3 Å². The van der Waals surface area contributed by atoms with Crippen LogP contribution in [0.15, 0.2) is 24.3 Å². The second kappa shape index (κ2) is 7.15. The first-order valence-electron chi connectivity index (χ1n) is 8.26. The van der Waals surface area contributed by atoms with Crippen LogP contribution < -0.4 is 10.1 Å². The summed E-state index contributed by atoms with van der Waals surface area (Å²) in [7, 11) is -3.68. The Labute approximate surface area is 146 Å². The molecule has 0 bridgehead atoms. The van der Waals surface area contributed by atoms with E-state index in [0.29, 0.717) is 6.42 Å². The van der Waals surface area contributed by atoms with Crippen molar-refractivity contribution in [2.24, 2.45) is 0 Å². The maximum Gasteiger partial charge on any atom is 0.389 e. The van der Waals surface area contributed by atoms with Crippen molar-refractivity contribution in [2.75, 3.05) is 5.75 Å². The van der Waals surface area contributed by atoms with E-state index in [1.54, 1.807) is 13.8 Å². The molecule has 0 spiro atoms. The van der Waals surface area contributed by atoms with E-state index in [9.17, 15) is 21.6 Å². The Bertz CT molecular complexity index is 701. The lowest BCUT2D eigenvalue weighted by Gasteiger charge is -2.42. The fourth-order valence-electron chi connectivity index (χ4n) is 2.94. The van der Waals surface area contributed by atoms with Crippen LogP contribution in [0.1, 0.15) is 39.2 Å². The SMILES string of the molecule is CCS(=O)(=O)C(CCC(F)(F)F)NC1Cc2ccccc2OC1(C)C. The van der Waals surface area contributed by atoms with Gasteiger partial charge in [-0.05, 0) is 38.3 Å². The number of alkyl halides is 3. The summed E-state index contributed by atoms with van der Waals surface area (Å²) in [6.07, 6.45) is -5.55. The molecule has 2 unspecified atom stereocenters. The van der Waals surface area contributed by atoms with Gasteiger partial charge in [0.2, 0.25) is 0 Å². The van der Waals surface area contributed by atoms with Crippen molar-refractivity contribution >= 4 is 9.84 Å². The zero-order valence-corrected chi connectivity index (χ0v) is 15.4. The third-order valence-electron chi connectivity index (χ3n) is 4.52. The number of halogens is 3. The summed E-state index contributed by atoms with van der Waals surface area (Å²) in [5.74, 6) is 0.503. The molecule has 8 heteroatoms. The highest BCUT2D eigenvalue weighted by atomic mass is 32.2. The van der Waals surface area contributed by atoms with Crippen molar-refractivity contribution in [1.29, 1.82) is 0 Å². The van der Waals surface area contributed by atoms with Crippen molar-refractivity contribution in [3.05, 3.63) is 29.8 Å². The molecule has 142 valence electrons. The quantitative estimate of drug-likeness (QED) is 0.822. The van der Waals surface area contributed by atoms with E-state index in [4.69, 9.17) is 4.74 Å². The zero-order chi connectivity index (χ0) is 18.9. The van der Waals surface area contributed by atoms with Crippen LogP contribution in [0, 0.1) is 0 Å². The normalized spacial score (nSPS) is 21.3. The predicted molar refractivity (Wildman–Crippen MR) is 90.3 cm³/mol. The first kappa shape index (κ1) is 20.0. The van der Waals surface area contributed by atoms with Crippen LogP contribution in [-0.2, 0) is 16.3 Å². The first-order chi connectivity index (χ1) is 11.4. The number of ether oxygens (including phenoxy) is 1. The molecule has 1 aliphatic rings. The molecule has 0 aromatic heterocycles. The molecule has 0 saturated carbocycles. The molecule has 0 saturated heterocycles. The summed E-state index contributed by atoms with van der Waals surface area (Å²) in [6, 6.07) is 6.98. The Morgan fingerprint density at radius 2 is 1.96 bits per heavy atom. The Morgan fingerprint density at radius 1 is 1.32 bits per heavy atom. The number of sulfone groups is 1. The minimum Gasteiger partial charge on any atom is -0.486 e. The van der Waals surface area contributed by atoms with Gasteiger partial charge in [0.15, 0.2) is 9.84 Å². The topological polar surface area (TPSA) is 55.4 Å². The van der Waals surface area contributed by atoms with Gasteiger partial charge in [0.05, 0.1) is 6.04 Å². The summed E-state index contributed by atoms with van der Waals surface area (Å²) >= 11 is 0. The van der Waals surface area contributed by atoms with Gasteiger partial charge in [-0.1, -0.05) is 25.1 Å². The number of hydrogen-bond donors (Lipinski definition) is 1. The van der Waals surface area contributed by atoms with Crippen LogP contribution in [0.5, 0.6) is 5.75 Å². The lowest BCUT2D eigenvalue weighted by atomic mass is 9.88. The number of nitrogens with one attached hydrogen (secondary N) is 1. The van der Waals surface area contributed by atoms with Gasteiger partial charge < -0.3 is 4.74 Å². The minimum absolute atomic E-state index is 0.215. The second-order valence-electron chi connectivity index (χ2n) is 6.83. The van der Waals surface area contributed by atoms with Crippen LogP contribution in [-0.4, -0.2) is 37.4 Å². The van der Waals surface area contributed by atoms with Gasteiger partial charge in [0.1, 0.15) is 16.7 Å². The maximum absolute atomic E-state index is 12.6. The number of rotatable bonds is 6. The standard InChI is InChI=1S/C17H24F3NO3S/c1-4-25(22,23)15(9-10-17(18,19)20)21-14-11-12-7-5-6-8-13(12)24-16(14,2)3/h5-8,14-15,21H,4,9-11H2,1-3H3. The van der Waals surface area contributed by atoms with Crippen molar-refractivity contribution in [1.82, 2.24) is 5.32 Å². The van der Waals surface area contributed by atoms with Gasteiger partial charge in [-0.25, -0.2) is 8.42 Å². The molecule has 1 aromatic rings. The Kier molecular flexibility index (Phi) is 5.73. The van der Waals surface area contributed by atoms with E-state index in [2.05, 4.69) is 5.32 Å². The highest BCUT2D eigenvalue weighted by molar-refractivity contribution is 7.91. The second-order valence-corrected chi connectivity index (χ2v) is 9.30. The van der Waals surface area contributed by atoms with Crippen LogP contribution in [0.25, 0.3) is 0 Å². The Hall–Kier alpha value is -1.28. The molecule has 1 heterocycles. The fourth-order valence-corrected chi connectivity index (χ4v) is 4.19. The molecule has 4 nitrogen and oxygen atoms in total. The third-order valence-corrected chi connectivity index (χ3v) is 6.57. The average Bonchev–Trinajstić information content (AvgIpc) is 2.49. The van der Waals surface area contributed by atoms with E-state index < -0.39 is 45.9 Å². The number of fused-ring (bicyclic) bond motifs is 1. The van der Waals surface area contributed by atoms with Crippen molar-refractivity contribution in [3.8, 4) is 5.75 Å². The van der Waals surface area contributed by atoms with E-state index in [0.717, 1.165) is 11.3 Å². The van der Waals surface area contributed by atoms with Gasteiger partial charge in [0, 0.05) is 12.2 Å². The summed E-state index contributed by atoms with van der Waals surface area (Å²) in [4.78, 5) is 0. The molecule has 25 heavy (non-hydrogen) atoms. The fraction of sp³-hybridized carbons (Fsp3) is 0.647. The maximum atomic E-state index is 12.6. The molecule has 1 aromatic carbocycles. The van der Waals surface area contributed by atoms with Crippen LogP contribution in [0.3, 0.4) is 0 Å². The lowest BCUT2D eigenvalue weighted by molar-refractivity contribution is -0.135. The van der Waals surface area contributed by atoms with Gasteiger partial charge in [0.25, 0.3) is 0 Å². The number of benzene rings is 1. The van der Waals surface area contributed by atoms with Crippen molar-refractivity contribution < 1.29 is 26.3 Å². The van der Waals surface area contributed by atoms with E-state index in [1.165, 1.54) is 6.92 Å². The van der Waals surface area contributed by atoms with Crippen molar-refractivity contribution in [2.45, 2.75) is 63.2 Å². The molecular formula is C17H24F3NO3S. The minimum atomic E-state index is -4.39. The largest absolute Gasteiger partial charge is 0.486 e. The summed E-state index contributed by atoms with van der Waals surface area (Å²) in [5, 5.41) is 1.69. The molecule has 2 atom stereocenters. The van der Waals surface area contributed by atoms with Gasteiger partial charge in [-0.2, -0.15) is 13.2 Å². The highest BCUT2D eigenvalue weighted by Gasteiger charge is 2.41. The van der Waals surface area contributed by atoms with Crippen LogP contribution in [0.4, 0.5) is 13.2 Å². The Morgan fingerprint density at radius 3 is 2.56 bits per heavy atom. The third kappa shape index (κ3) is 5.10. The lowest BCUT2D eigenvalue weighted by Crippen LogP contribution is -2.58. The summed E-state index contributed by atoms with van der Waals surface area (Å²) in [6.45, 7) is 5.05. The van der Waals surface area contributed by atoms with Crippen molar-refractivity contribution in [3.63, 3.8) is 0 Å². The molecule has 0 amide bonds. The van der Waals surface area contributed by atoms with Gasteiger partial charge in [-0.15, -0.1) is 0 Å². The zero-order valence-electron chi connectivity index (χ0n) is 14.6. The monoisotopic (exact) mass is 379 g/mol. The number of para-hydroxylation sites is 1. The summed E-state index contributed by atoms with van der Waals surface area (Å²) in [5.41, 5.74) is 0.163. The van der Waals surface area contributed by atoms with E-state index >= 15 is 0 Å². The van der Waals surface area contributed by atoms with Crippen LogP contribution >= 0.6 is 0 Å². The van der Waals surface area contributed by atoms with E-state index in [-0.39, 0.29) is 5.75 Å². The smallest absolute Gasteiger partial charge is 0.389 e. The predicted octanol–water partition coefficient (Wildman–Crippen LogP) is 3.46. The molecule has 2 rings (SSSR count).